The van der Waals surface area contributed by atoms with Crippen molar-refractivity contribution in [3.63, 3.8) is 0 Å². The van der Waals surface area contributed by atoms with Gasteiger partial charge in [-0.05, 0) is 67.8 Å². The Morgan fingerprint density at radius 2 is 1.86 bits per heavy atom. The molecule has 0 radical (unpaired) electrons. The van der Waals surface area contributed by atoms with E-state index in [9.17, 15) is 18.7 Å². The summed E-state index contributed by atoms with van der Waals surface area (Å²) in [5.74, 6) is -0.614. The van der Waals surface area contributed by atoms with Crippen molar-refractivity contribution in [2.24, 2.45) is 0 Å². The molecule has 2 aliphatic rings. The highest BCUT2D eigenvalue weighted by Gasteiger charge is 2.26. The molecule has 0 amide bonds. The van der Waals surface area contributed by atoms with Crippen molar-refractivity contribution in [3.8, 4) is 11.5 Å². The van der Waals surface area contributed by atoms with Crippen LogP contribution in [0.2, 0.25) is 5.02 Å². The van der Waals surface area contributed by atoms with Gasteiger partial charge in [0.15, 0.2) is 17.2 Å². The second kappa shape index (κ2) is 12.8. The van der Waals surface area contributed by atoms with Gasteiger partial charge in [0.2, 0.25) is 0 Å². The van der Waals surface area contributed by atoms with Gasteiger partial charge in [0.1, 0.15) is 35.6 Å². The second-order valence-corrected chi connectivity index (χ2v) is 11.3. The number of ether oxygens (including phenoxy) is 3. The van der Waals surface area contributed by atoms with Crippen molar-refractivity contribution in [3.05, 3.63) is 82.3 Å². The first kappa shape index (κ1) is 29.3. The molecule has 4 heterocycles. The van der Waals surface area contributed by atoms with Crippen molar-refractivity contribution in [2.45, 2.75) is 57.6 Å². The number of piperidine rings is 1. The van der Waals surface area contributed by atoms with Crippen molar-refractivity contribution < 1.29 is 32.9 Å². The maximum atomic E-state index is 14.5. The molecule has 1 atom stereocenters. The number of fused-ring (bicyclic) bond motifs is 1. The summed E-state index contributed by atoms with van der Waals surface area (Å²) in [5.41, 5.74) is 2.17. The molecule has 2 fully saturated rings. The minimum Gasteiger partial charge on any atom is -0.490 e. The number of nitrogens with zero attached hydrogens (tertiary/aromatic N) is 4. The summed E-state index contributed by atoms with van der Waals surface area (Å²) in [6, 6.07) is 12.1. The molecule has 2 aromatic carbocycles. The quantitative estimate of drug-likeness (QED) is 0.240. The first-order chi connectivity index (χ1) is 20.8. The fourth-order valence-electron chi connectivity index (χ4n) is 5.35. The third-order valence-corrected chi connectivity index (χ3v) is 7.97. The van der Waals surface area contributed by atoms with Crippen molar-refractivity contribution >= 4 is 28.7 Å². The number of hydrogen-bond acceptors (Lipinski definition) is 7. The van der Waals surface area contributed by atoms with Crippen LogP contribution in [0.5, 0.6) is 11.5 Å². The molecular formula is C31H31ClF2N4O5. The number of likely N-dealkylation sites (tertiary alicyclic amines) is 1. The van der Waals surface area contributed by atoms with Gasteiger partial charge in [0.05, 0.1) is 31.3 Å². The minimum absolute atomic E-state index is 0.00674. The van der Waals surface area contributed by atoms with Crippen LogP contribution in [-0.2, 0) is 35.6 Å². The van der Waals surface area contributed by atoms with Crippen molar-refractivity contribution in [1.82, 2.24) is 19.4 Å². The monoisotopic (exact) mass is 612 g/mol. The zero-order valence-electron chi connectivity index (χ0n) is 23.3. The molecule has 226 valence electrons. The highest BCUT2D eigenvalue weighted by Crippen LogP contribution is 2.27. The lowest BCUT2D eigenvalue weighted by atomic mass is 10.1. The Balaban J connectivity index is 1.08. The summed E-state index contributed by atoms with van der Waals surface area (Å²) in [7, 11) is 0. The number of carboxylic acids is 1. The smallest absolute Gasteiger partial charge is 0.309 e. The molecule has 0 saturated carbocycles. The first-order valence-corrected chi connectivity index (χ1v) is 14.6. The summed E-state index contributed by atoms with van der Waals surface area (Å²) in [6.45, 7) is 3.37. The Hall–Kier alpha value is -3.80. The average Bonchev–Trinajstić information content (AvgIpc) is 3.28. The van der Waals surface area contributed by atoms with Crippen molar-refractivity contribution in [2.75, 3.05) is 19.7 Å². The van der Waals surface area contributed by atoms with E-state index >= 15 is 0 Å². The number of carbonyl (C=O) groups is 1. The van der Waals surface area contributed by atoms with Gasteiger partial charge in [0, 0.05) is 30.3 Å². The molecule has 43 heavy (non-hydrogen) atoms. The number of carboxylic acid groups (broad SMARTS) is 1. The molecule has 2 aromatic heterocycles. The molecule has 0 bridgehead atoms. The Bertz CT molecular complexity index is 1620. The summed E-state index contributed by atoms with van der Waals surface area (Å²) < 4.78 is 47.9. The third-order valence-electron chi connectivity index (χ3n) is 7.74. The van der Waals surface area contributed by atoms with Crippen LogP contribution in [0.1, 0.15) is 36.3 Å². The molecule has 4 aromatic rings. The van der Waals surface area contributed by atoms with E-state index in [1.807, 2.05) is 6.07 Å². The van der Waals surface area contributed by atoms with Crippen LogP contribution in [0.15, 0.2) is 48.5 Å². The van der Waals surface area contributed by atoms with Gasteiger partial charge in [0.25, 0.3) is 0 Å². The normalized spacial score (nSPS) is 17.6. The number of imidazole rings is 1. The summed E-state index contributed by atoms with van der Waals surface area (Å²) in [5, 5.41) is 9.46. The molecule has 0 aliphatic carbocycles. The Kier molecular flexibility index (Phi) is 8.73. The Morgan fingerprint density at radius 3 is 2.58 bits per heavy atom. The fraction of sp³-hybridized carbons (Fsp3) is 0.387. The number of rotatable bonds is 11. The SMILES string of the molecule is O=C(O)Cc1ccc2nc(CN3CCC(Oc4ccc(F)c(COc5ccc(Cl)cc5F)c4)CC3)n(C[C@@H]3CCO3)c2n1. The van der Waals surface area contributed by atoms with Gasteiger partial charge < -0.3 is 23.9 Å². The minimum atomic E-state index is -0.927. The molecule has 2 saturated heterocycles. The predicted molar refractivity (Wildman–Crippen MR) is 154 cm³/mol. The number of aromatic nitrogens is 3. The zero-order valence-corrected chi connectivity index (χ0v) is 24.1. The Labute approximate surface area is 252 Å². The zero-order chi connectivity index (χ0) is 29.9. The molecule has 0 unspecified atom stereocenters. The fourth-order valence-corrected chi connectivity index (χ4v) is 5.51. The lowest BCUT2D eigenvalue weighted by molar-refractivity contribution is -0.136. The molecule has 12 heteroatoms. The largest absolute Gasteiger partial charge is 0.490 e. The van der Waals surface area contributed by atoms with Gasteiger partial charge in [-0.25, -0.2) is 18.7 Å². The van der Waals surface area contributed by atoms with E-state index in [-0.39, 0.29) is 41.6 Å². The van der Waals surface area contributed by atoms with Gasteiger partial charge >= 0.3 is 5.97 Å². The van der Waals surface area contributed by atoms with E-state index in [2.05, 4.69) is 14.5 Å². The molecular weight excluding hydrogens is 582 g/mol. The van der Waals surface area contributed by atoms with Gasteiger partial charge in [-0.2, -0.15) is 0 Å². The maximum absolute atomic E-state index is 14.5. The number of aliphatic carboxylic acids is 1. The molecule has 0 spiro atoms. The number of hydrogen-bond donors (Lipinski definition) is 1. The van der Waals surface area contributed by atoms with Gasteiger partial charge in [-0.3, -0.25) is 9.69 Å². The first-order valence-electron chi connectivity index (χ1n) is 14.2. The van der Waals surface area contributed by atoms with E-state index < -0.39 is 17.6 Å². The molecule has 1 N–H and O–H groups in total. The topological polar surface area (TPSA) is 98.9 Å². The average molecular weight is 613 g/mol. The number of pyridine rings is 1. The van der Waals surface area contributed by atoms with E-state index in [1.54, 1.807) is 18.2 Å². The predicted octanol–water partition coefficient (Wildman–Crippen LogP) is 5.40. The van der Waals surface area contributed by atoms with Crippen LogP contribution in [0, 0.1) is 11.6 Å². The molecule has 6 rings (SSSR count). The Morgan fingerprint density at radius 1 is 1.05 bits per heavy atom. The van der Waals surface area contributed by atoms with E-state index in [0.717, 1.165) is 56.4 Å². The van der Waals surface area contributed by atoms with Gasteiger partial charge in [-0.15, -0.1) is 0 Å². The van der Waals surface area contributed by atoms with E-state index in [0.29, 0.717) is 30.2 Å². The maximum Gasteiger partial charge on any atom is 0.309 e. The van der Waals surface area contributed by atoms with Crippen LogP contribution in [0.4, 0.5) is 8.78 Å². The summed E-state index contributed by atoms with van der Waals surface area (Å²) in [6.07, 6.45) is 2.40. The van der Waals surface area contributed by atoms with Gasteiger partial charge in [-0.1, -0.05) is 11.6 Å². The van der Waals surface area contributed by atoms with Crippen LogP contribution >= 0.6 is 11.6 Å². The highest BCUT2D eigenvalue weighted by atomic mass is 35.5. The van der Waals surface area contributed by atoms with Crippen molar-refractivity contribution in [1.29, 1.82) is 0 Å². The summed E-state index contributed by atoms with van der Waals surface area (Å²) in [4.78, 5) is 23.0. The molecule has 9 nitrogen and oxygen atoms in total. The van der Waals surface area contributed by atoms with E-state index in [1.165, 1.54) is 18.2 Å². The standard InChI is InChI=1S/C31H31ClF2N4O5/c32-20-1-6-28(26(34)14-20)42-18-19-13-23(3-4-25(19)33)43-22-7-10-37(11-8-22)17-29-36-27-5-2-21(15-30(39)40)35-31(27)38(29)16-24-9-12-41-24/h1-6,13-14,22,24H,7-12,15-18H2,(H,39,40)/t24-/m0/s1. The lowest BCUT2D eigenvalue weighted by Gasteiger charge is -2.32. The van der Waals surface area contributed by atoms with Crippen LogP contribution in [0.25, 0.3) is 11.2 Å². The van der Waals surface area contributed by atoms with Crippen LogP contribution < -0.4 is 9.47 Å². The molecule has 2 aliphatic heterocycles. The number of halogens is 3. The second-order valence-electron chi connectivity index (χ2n) is 10.8. The van der Waals surface area contributed by atoms with E-state index in [4.69, 9.17) is 30.8 Å². The highest BCUT2D eigenvalue weighted by molar-refractivity contribution is 6.30. The summed E-state index contributed by atoms with van der Waals surface area (Å²) >= 11 is 5.79. The number of benzene rings is 2. The lowest BCUT2D eigenvalue weighted by Crippen LogP contribution is -2.39. The third kappa shape index (κ3) is 7.06. The van der Waals surface area contributed by atoms with Crippen LogP contribution in [-0.4, -0.2) is 62.4 Å². The van der Waals surface area contributed by atoms with Crippen LogP contribution in [0.3, 0.4) is 0 Å².